The van der Waals surface area contributed by atoms with Crippen LogP contribution in [0, 0.1) is 0 Å². The third-order valence-corrected chi connectivity index (χ3v) is 6.27. The predicted octanol–water partition coefficient (Wildman–Crippen LogP) is 2.31. The van der Waals surface area contributed by atoms with Crippen molar-refractivity contribution in [2.75, 3.05) is 0 Å². The van der Waals surface area contributed by atoms with Crippen molar-refractivity contribution in [1.82, 2.24) is 9.66 Å². The van der Waals surface area contributed by atoms with Gasteiger partial charge in [0.2, 0.25) is 0 Å². The van der Waals surface area contributed by atoms with Gasteiger partial charge >= 0.3 is 0 Å². The predicted molar refractivity (Wildman–Crippen MR) is 115 cm³/mol. The van der Waals surface area contributed by atoms with Gasteiger partial charge < -0.3 is 0 Å². The summed E-state index contributed by atoms with van der Waals surface area (Å²) < 4.78 is 48.5. The maximum absolute atomic E-state index is 12.1. The van der Waals surface area contributed by atoms with Crippen molar-refractivity contribution in [2.45, 2.75) is 9.79 Å². The molecule has 2 N–H and O–H groups in total. The molecule has 0 spiro atoms. The van der Waals surface area contributed by atoms with Crippen LogP contribution in [0.1, 0.15) is 11.1 Å². The van der Waals surface area contributed by atoms with Gasteiger partial charge in [0.05, 0.1) is 22.2 Å². The average molecular weight is 443 g/mol. The third kappa shape index (κ3) is 5.75. The van der Waals surface area contributed by atoms with Crippen LogP contribution in [0.25, 0.3) is 0 Å². The topological polar surface area (TPSA) is 117 Å². The lowest BCUT2D eigenvalue weighted by Gasteiger charge is -2.03. The van der Waals surface area contributed by atoms with Gasteiger partial charge in [-0.3, -0.25) is 0 Å². The number of hydrogen-bond donors (Lipinski definition) is 2. The lowest BCUT2D eigenvalue weighted by Crippen LogP contribution is -2.18. The minimum atomic E-state index is -3.75. The normalized spacial score (nSPS) is 12.3. The van der Waals surface area contributed by atoms with Gasteiger partial charge in [0, 0.05) is 0 Å². The van der Waals surface area contributed by atoms with E-state index in [1.165, 1.54) is 36.7 Å². The molecular formula is C20H18N4O4S2. The molecule has 0 heterocycles. The second-order valence-electron chi connectivity index (χ2n) is 6.00. The van der Waals surface area contributed by atoms with E-state index in [0.29, 0.717) is 11.1 Å². The van der Waals surface area contributed by atoms with Gasteiger partial charge in [0.1, 0.15) is 0 Å². The summed E-state index contributed by atoms with van der Waals surface area (Å²) in [6.45, 7) is 0. The molecule has 10 heteroatoms. The van der Waals surface area contributed by atoms with E-state index in [0.717, 1.165) is 0 Å². The van der Waals surface area contributed by atoms with Crippen LogP contribution in [0.3, 0.4) is 0 Å². The molecule has 3 aromatic carbocycles. The highest BCUT2D eigenvalue weighted by Crippen LogP contribution is 2.08. The molecule has 154 valence electrons. The maximum atomic E-state index is 12.1. The molecule has 0 aromatic heterocycles. The Hall–Kier alpha value is -3.50. The van der Waals surface area contributed by atoms with Crippen LogP contribution in [-0.4, -0.2) is 29.3 Å². The number of nitrogens with zero attached hydrogens (tertiary/aromatic N) is 2. The molecule has 0 amide bonds. The molecule has 3 rings (SSSR count). The van der Waals surface area contributed by atoms with Crippen molar-refractivity contribution < 1.29 is 16.8 Å². The first-order chi connectivity index (χ1) is 14.4. The smallest absolute Gasteiger partial charge is 0.200 e. The quantitative estimate of drug-likeness (QED) is 0.411. The highest BCUT2D eigenvalue weighted by atomic mass is 32.2. The summed E-state index contributed by atoms with van der Waals surface area (Å²) in [7, 11) is -7.50. The summed E-state index contributed by atoms with van der Waals surface area (Å²) in [6, 6.07) is 22.6. The summed E-state index contributed by atoms with van der Waals surface area (Å²) >= 11 is 0. The lowest BCUT2D eigenvalue weighted by atomic mass is 10.1. The molecule has 30 heavy (non-hydrogen) atoms. The maximum Gasteiger partial charge on any atom is 0.276 e. The van der Waals surface area contributed by atoms with E-state index in [1.54, 1.807) is 60.7 Å². The highest BCUT2D eigenvalue weighted by molar-refractivity contribution is 7.89. The van der Waals surface area contributed by atoms with Crippen LogP contribution in [0.2, 0.25) is 0 Å². The first kappa shape index (κ1) is 21.2. The molecule has 0 saturated heterocycles. The Morgan fingerprint density at radius 1 is 0.567 bits per heavy atom. The second-order valence-corrected chi connectivity index (χ2v) is 9.32. The zero-order valence-electron chi connectivity index (χ0n) is 15.6. The average Bonchev–Trinajstić information content (AvgIpc) is 2.75. The van der Waals surface area contributed by atoms with E-state index < -0.39 is 20.0 Å². The van der Waals surface area contributed by atoms with Gasteiger partial charge in [0.15, 0.2) is 0 Å². The van der Waals surface area contributed by atoms with E-state index >= 15 is 0 Å². The zero-order valence-corrected chi connectivity index (χ0v) is 17.2. The number of sulfonamides is 2. The van der Waals surface area contributed by atoms with Crippen molar-refractivity contribution in [3.05, 3.63) is 96.1 Å². The Labute approximate surface area is 175 Å². The summed E-state index contributed by atoms with van der Waals surface area (Å²) in [5.74, 6) is 0. The SMILES string of the molecule is O=S(=O)(N/N=C/c1cccc(/C=N/NS(=O)(=O)c2ccccc2)c1)c1ccccc1. The van der Waals surface area contributed by atoms with E-state index in [2.05, 4.69) is 19.9 Å². The monoisotopic (exact) mass is 442 g/mol. The third-order valence-electron chi connectivity index (χ3n) is 3.79. The largest absolute Gasteiger partial charge is 0.276 e. The van der Waals surface area contributed by atoms with Gasteiger partial charge in [-0.1, -0.05) is 54.6 Å². The van der Waals surface area contributed by atoms with E-state index in [4.69, 9.17) is 0 Å². The molecule has 0 radical (unpaired) electrons. The Morgan fingerprint density at radius 3 is 1.37 bits per heavy atom. The van der Waals surface area contributed by atoms with Crippen molar-refractivity contribution in [1.29, 1.82) is 0 Å². The zero-order chi connectivity index (χ0) is 21.5. The van der Waals surface area contributed by atoms with E-state index in [9.17, 15) is 16.8 Å². The molecule has 0 aliphatic heterocycles. The summed E-state index contributed by atoms with van der Waals surface area (Å²) in [5, 5.41) is 7.54. The first-order valence-electron chi connectivity index (χ1n) is 8.67. The fourth-order valence-corrected chi connectivity index (χ4v) is 3.99. The Balaban J connectivity index is 1.65. The van der Waals surface area contributed by atoms with Crippen LogP contribution < -0.4 is 9.66 Å². The molecule has 0 aliphatic rings. The van der Waals surface area contributed by atoms with Crippen LogP contribution in [0.4, 0.5) is 0 Å². The summed E-state index contributed by atoms with van der Waals surface area (Å²) in [5.41, 5.74) is 1.20. The van der Waals surface area contributed by atoms with Gasteiger partial charge in [-0.15, -0.1) is 0 Å². The van der Waals surface area contributed by atoms with Crippen LogP contribution in [0.15, 0.2) is 105 Å². The Kier molecular flexibility index (Phi) is 6.60. The van der Waals surface area contributed by atoms with Crippen molar-refractivity contribution in [3.8, 4) is 0 Å². The standard InChI is InChI=1S/C20H18N4O4S2/c25-29(26,19-10-3-1-4-11-19)23-21-15-17-8-7-9-18(14-17)16-22-24-30(27,28)20-12-5-2-6-13-20/h1-16,23-24H/b21-15+,22-16+. The van der Waals surface area contributed by atoms with Crippen molar-refractivity contribution in [2.24, 2.45) is 10.2 Å². The number of hydrogen-bond acceptors (Lipinski definition) is 6. The van der Waals surface area contributed by atoms with Gasteiger partial charge in [0.25, 0.3) is 20.0 Å². The molecule has 0 atom stereocenters. The first-order valence-corrected chi connectivity index (χ1v) is 11.6. The summed E-state index contributed by atoms with van der Waals surface area (Å²) in [4.78, 5) is 4.49. The summed E-state index contributed by atoms with van der Waals surface area (Å²) in [6.07, 6.45) is 2.68. The Morgan fingerprint density at radius 2 is 0.967 bits per heavy atom. The minimum absolute atomic E-state index is 0.105. The molecule has 0 unspecified atom stereocenters. The van der Waals surface area contributed by atoms with Crippen LogP contribution in [-0.2, 0) is 20.0 Å². The van der Waals surface area contributed by atoms with E-state index in [1.807, 2.05) is 0 Å². The van der Waals surface area contributed by atoms with Gasteiger partial charge in [-0.25, -0.2) is 9.66 Å². The van der Waals surface area contributed by atoms with Crippen LogP contribution in [0.5, 0.6) is 0 Å². The molecule has 0 fully saturated rings. The fourth-order valence-electron chi connectivity index (χ4n) is 2.36. The minimum Gasteiger partial charge on any atom is -0.200 e. The molecule has 0 bridgehead atoms. The van der Waals surface area contributed by atoms with E-state index in [-0.39, 0.29) is 9.79 Å². The number of benzene rings is 3. The molecule has 0 aliphatic carbocycles. The molecular weight excluding hydrogens is 424 g/mol. The molecule has 8 nitrogen and oxygen atoms in total. The molecule has 3 aromatic rings. The number of rotatable bonds is 8. The van der Waals surface area contributed by atoms with Gasteiger partial charge in [-0.05, 0) is 41.5 Å². The Bertz CT molecular complexity index is 1160. The van der Waals surface area contributed by atoms with Crippen molar-refractivity contribution >= 4 is 32.5 Å². The highest BCUT2D eigenvalue weighted by Gasteiger charge is 2.12. The van der Waals surface area contributed by atoms with Crippen LogP contribution >= 0.6 is 0 Å². The number of hydrazone groups is 2. The van der Waals surface area contributed by atoms with Crippen molar-refractivity contribution in [3.63, 3.8) is 0 Å². The second kappa shape index (κ2) is 9.33. The van der Waals surface area contributed by atoms with Gasteiger partial charge in [-0.2, -0.15) is 27.0 Å². The lowest BCUT2D eigenvalue weighted by molar-refractivity contribution is 0.583. The number of nitrogens with one attached hydrogen (secondary N) is 2. The fraction of sp³-hybridized carbons (Fsp3) is 0. The molecule has 0 saturated carbocycles.